The van der Waals surface area contributed by atoms with Gasteiger partial charge in [0.1, 0.15) is 17.2 Å². The number of amides is 1. The van der Waals surface area contributed by atoms with Gasteiger partial charge < -0.3 is 14.8 Å². The molecule has 1 amide bonds. The minimum absolute atomic E-state index is 0.434. The zero-order valence-electron chi connectivity index (χ0n) is 16.6. The van der Waals surface area contributed by atoms with Gasteiger partial charge in [-0.05, 0) is 71.1 Å². The molecule has 0 aliphatic heterocycles. The number of rotatable bonds is 5. The summed E-state index contributed by atoms with van der Waals surface area (Å²) in [5.74, 6) is -0.434. The summed E-state index contributed by atoms with van der Waals surface area (Å²) in [5.41, 5.74) is -0.0678. The third-order valence-electron chi connectivity index (χ3n) is 4.61. The number of ether oxygens (including phenoxy) is 2. The van der Waals surface area contributed by atoms with Crippen molar-refractivity contribution in [3.8, 4) is 0 Å². The van der Waals surface area contributed by atoms with E-state index in [-0.39, 0.29) is 0 Å². The highest BCUT2D eigenvalue weighted by Gasteiger charge is 2.37. The fourth-order valence-corrected chi connectivity index (χ4v) is 3.46. The molecule has 150 valence electrons. The van der Waals surface area contributed by atoms with Crippen molar-refractivity contribution in [2.75, 3.05) is 0 Å². The molecular weight excluding hydrogens is 366 g/mol. The Labute approximate surface area is 166 Å². The van der Waals surface area contributed by atoms with Crippen LogP contribution in [0.5, 0.6) is 0 Å². The summed E-state index contributed by atoms with van der Waals surface area (Å²) in [4.78, 5) is 24.6. The Morgan fingerprint density at radius 3 is 2.30 bits per heavy atom. The smallest absolute Gasteiger partial charge is 0.408 e. The number of nitrogens with one attached hydrogen (secondary N) is 1. The van der Waals surface area contributed by atoms with Crippen molar-refractivity contribution in [1.82, 2.24) is 5.32 Å². The summed E-state index contributed by atoms with van der Waals surface area (Å²) >= 11 is 5.97. The lowest BCUT2D eigenvalue weighted by molar-refractivity contribution is -0.165. The summed E-state index contributed by atoms with van der Waals surface area (Å²) in [5, 5.41) is 3.25. The number of esters is 1. The summed E-state index contributed by atoms with van der Waals surface area (Å²) in [7, 11) is 0. The van der Waals surface area contributed by atoms with Gasteiger partial charge in [-0.3, -0.25) is 0 Å². The molecule has 0 spiro atoms. The van der Waals surface area contributed by atoms with Gasteiger partial charge >= 0.3 is 12.1 Å². The minimum Gasteiger partial charge on any atom is -0.457 e. The van der Waals surface area contributed by atoms with Gasteiger partial charge in [0.15, 0.2) is 0 Å². The molecule has 2 rings (SSSR count). The summed E-state index contributed by atoms with van der Waals surface area (Å²) < 4.78 is 11.2. The van der Waals surface area contributed by atoms with Crippen LogP contribution in [0.3, 0.4) is 0 Å². The SMILES string of the molecule is CC(NC(=O)OC(C)(C)C)C(=O)OC1(Cc2ccc(Cl)cc2)CCCCC1. The van der Waals surface area contributed by atoms with Crippen LogP contribution in [0.1, 0.15) is 65.4 Å². The lowest BCUT2D eigenvalue weighted by Gasteiger charge is -2.38. The van der Waals surface area contributed by atoms with Crippen molar-refractivity contribution < 1.29 is 19.1 Å². The van der Waals surface area contributed by atoms with Crippen LogP contribution in [0.25, 0.3) is 0 Å². The number of benzene rings is 1. The summed E-state index contributed by atoms with van der Waals surface area (Å²) in [6, 6.07) is 6.86. The molecule has 1 aliphatic rings. The molecule has 1 saturated carbocycles. The minimum atomic E-state index is -0.774. The zero-order valence-corrected chi connectivity index (χ0v) is 17.4. The summed E-state index contributed by atoms with van der Waals surface area (Å²) in [6.07, 6.45) is 4.85. The second kappa shape index (κ2) is 8.96. The maximum atomic E-state index is 12.6. The van der Waals surface area contributed by atoms with Gasteiger partial charge in [-0.2, -0.15) is 0 Å². The van der Waals surface area contributed by atoms with E-state index in [0.717, 1.165) is 37.7 Å². The Kier molecular flexibility index (Phi) is 7.15. The second-order valence-corrected chi connectivity index (χ2v) is 8.77. The molecule has 1 aromatic carbocycles. The molecule has 1 unspecified atom stereocenters. The van der Waals surface area contributed by atoms with Crippen molar-refractivity contribution in [3.05, 3.63) is 34.9 Å². The topological polar surface area (TPSA) is 64.6 Å². The molecule has 0 bridgehead atoms. The average molecular weight is 396 g/mol. The lowest BCUT2D eigenvalue weighted by Crippen LogP contribution is -2.47. The van der Waals surface area contributed by atoms with E-state index >= 15 is 0 Å². The van der Waals surface area contributed by atoms with Crippen molar-refractivity contribution in [2.45, 2.75) is 83.5 Å². The molecule has 0 heterocycles. The molecule has 1 N–H and O–H groups in total. The summed E-state index contributed by atoms with van der Waals surface area (Å²) in [6.45, 7) is 6.95. The highest BCUT2D eigenvalue weighted by molar-refractivity contribution is 6.30. The average Bonchev–Trinajstić information content (AvgIpc) is 2.56. The Morgan fingerprint density at radius 1 is 1.15 bits per heavy atom. The third kappa shape index (κ3) is 7.06. The van der Waals surface area contributed by atoms with E-state index in [0.29, 0.717) is 11.4 Å². The van der Waals surface area contributed by atoms with E-state index < -0.39 is 29.3 Å². The van der Waals surface area contributed by atoms with Crippen LogP contribution in [0.2, 0.25) is 5.02 Å². The lowest BCUT2D eigenvalue weighted by atomic mass is 9.80. The molecule has 1 aliphatic carbocycles. The van der Waals surface area contributed by atoms with Crippen LogP contribution in [0.4, 0.5) is 4.79 Å². The van der Waals surface area contributed by atoms with Crippen LogP contribution in [0, 0.1) is 0 Å². The molecule has 0 saturated heterocycles. The second-order valence-electron chi connectivity index (χ2n) is 8.34. The third-order valence-corrected chi connectivity index (χ3v) is 4.86. The van der Waals surface area contributed by atoms with E-state index in [2.05, 4.69) is 5.32 Å². The zero-order chi connectivity index (χ0) is 20.1. The molecule has 6 heteroatoms. The van der Waals surface area contributed by atoms with E-state index in [9.17, 15) is 9.59 Å². The number of carbonyl (C=O) groups excluding carboxylic acids is 2. The molecule has 0 aromatic heterocycles. The van der Waals surface area contributed by atoms with Gasteiger partial charge in [0, 0.05) is 11.4 Å². The van der Waals surface area contributed by atoms with Gasteiger partial charge in [-0.1, -0.05) is 30.2 Å². The molecular formula is C21H30ClNO4. The van der Waals surface area contributed by atoms with Gasteiger partial charge in [0.25, 0.3) is 0 Å². The normalized spacial score (nSPS) is 17.7. The van der Waals surface area contributed by atoms with Gasteiger partial charge in [-0.15, -0.1) is 0 Å². The molecule has 1 aromatic rings. The van der Waals surface area contributed by atoms with Crippen molar-refractivity contribution in [2.24, 2.45) is 0 Å². The molecule has 1 fully saturated rings. The molecule has 27 heavy (non-hydrogen) atoms. The Morgan fingerprint density at radius 2 is 1.74 bits per heavy atom. The molecule has 1 atom stereocenters. The first kappa shape index (κ1) is 21.5. The predicted molar refractivity (Wildman–Crippen MR) is 106 cm³/mol. The standard InChI is InChI=1S/C21H30ClNO4/c1-15(23-19(25)27-20(2,3)4)18(24)26-21(12-6-5-7-13-21)14-16-8-10-17(22)11-9-16/h8-11,15H,5-7,12-14H2,1-4H3,(H,23,25). The van der Waals surface area contributed by atoms with Crippen LogP contribution >= 0.6 is 11.6 Å². The number of carbonyl (C=O) groups is 2. The number of hydrogen-bond donors (Lipinski definition) is 1. The first-order valence-electron chi connectivity index (χ1n) is 9.55. The molecule has 5 nitrogen and oxygen atoms in total. The van der Waals surface area contributed by atoms with Gasteiger partial charge in [0.2, 0.25) is 0 Å². The fourth-order valence-electron chi connectivity index (χ4n) is 3.33. The van der Waals surface area contributed by atoms with E-state index in [1.165, 1.54) is 0 Å². The van der Waals surface area contributed by atoms with Crippen molar-refractivity contribution in [1.29, 1.82) is 0 Å². The number of alkyl carbamates (subject to hydrolysis) is 1. The number of halogens is 1. The first-order chi connectivity index (χ1) is 12.6. The Bertz CT molecular complexity index is 645. The monoisotopic (exact) mass is 395 g/mol. The van der Waals surface area contributed by atoms with E-state index in [1.54, 1.807) is 27.7 Å². The Balaban J connectivity index is 2.02. The fraction of sp³-hybridized carbons (Fsp3) is 0.619. The van der Waals surface area contributed by atoms with E-state index in [4.69, 9.17) is 21.1 Å². The van der Waals surface area contributed by atoms with Crippen LogP contribution < -0.4 is 5.32 Å². The van der Waals surface area contributed by atoms with Crippen LogP contribution in [-0.4, -0.2) is 29.3 Å². The highest BCUT2D eigenvalue weighted by atomic mass is 35.5. The molecule has 0 radical (unpaired) electrons. The predicted octanol–water partition coefficient (Wildman–Crippen LogP) is 5.04. The van der Waals surface area contributed by atoms with Gasteiger partial charge in [-0.25, -0.2) is 9.59 Å². The first-order valence-corrected chi connectivity index (χ1v) is 9.93. The maximum absolute atomic E-state index is 12.6. The van der Waals surface area contributed by atoms with Crippen molar-refractivity contribution in [3.63, 3.8) is 0 Å². The Hall–Kier alpha value is -1.75. The maximum Gasteiger partial charge on any atom is 0.408 e. The largest absolute Gasteiger partial charge is 0.457 e. The van der Waals surface area contributed by atoms with Crippen LogP contribution in [-0.2, 0) is 20.7 Å². The number of hydrogen-bond acceptors (Lipinski definition) is 4. The quantitative estimate of drug-likeness (QED) is 0.709. The van der Waals surface area contributed by atoms with E-state index in [1.807, 2.05) is 24.3 Å². The van der Waals surface area contributed by atoms with Crippen molar-refractivity contribution >= 4 is 23.7 Å². The van der Waals surface area contributed by atoms with Crippen LogP contribution in [0.15, 0.2) is 24.3 Å². The van der Waals surface area contributed by atoms with Gasteiger partial charge in [0.05, 0.1) is 0 Å². The highest BCUT2D eigenvalue weighted by Crippen LogP contribution is 2.35.